The fraction of sp³-hybridized carbons (Fsp3) is 0.480. The Kier molecular flexibility index (Phi) is 9.87. The average molecular weight is 461 g/mol. The number of hydrogen-bond donors (Lipinski definition) is 1. The molecule has 176 valence electrons. The van der Waals surface area contributed by atoms with Crippen molar-refractivity contribution in [2.45, 2.75) is 58.5 Å². The highest BCUT2D eigenvalue weighted by molar-refractivity contribution is 7.89. The van der Waals surface area contributed by atoms with Crippen LogP contribution in [0.2, 0.25) is 0 Å². The molecule has 1 N–H and O–H groups in total. The molecule has 1 amide bonds. The third-order valence-electron chi connectivity index (χ3n) is 5.11. The molecule has 0 aliphatic heterocycles. The molecule has 0 radical (unpaired) electrons. The first-order chi connectivity index (χ1) is 15.1. The Balaban J connectivity index is 2.17. The molecule has 0 aliphatic rings. The van der Waals surface area contributed by atoms with E-state index in [1.807, 2.05) is 63.2 Å². The van der Waals surface area contributed by atoms with E-state index in [9.17, 15) is 13.2 Å². The van der Waals surface area contributed by atoms with Gasteiger partial charge in [0.2, 0.25) is 15.9 Å². The standard InChI is InChI=1S/C25H36N2O4S/c1-19(2)31-15-9-13-26-24(28)18-27(14-12-23-10-7-6-8-11-23)32(29,30)25-21(4)16-20(3)17-22(25)5/h6-8,10-11,16-17,19H,9,12-15,18H2,1-5H3,(H,26,28). The van der Waals surface area contributed by atoms with Gasteiger partial charge in [0.25, 0.3) is 0 Å². The zero-order valence-corrected chi connectivity index (χ0v) is 20.7. The molecule has 6 nitrogen and oxygen atoms in total. The van der Waals surface area contributed by atoms with Gasteiger partial charge in [-0.3, -0.25) is 4.79 Å². The summed E-state index contributed by atoms with van der Waals surface area (Å²) in [5, 5.41) is 2.82. The first kappa shape index (κ1) is 26.0. The summed E-state index contributed by atoms with van der Waals surface area (Å²) in [6.45, 7) is 10.5. The smallest absolute Gasteiger partial charge is 0.244 e. The first-order valence-electron chi connectivity index (χ1n) is 11.1. The average Bonchev–Trinajstić information content (AvgIpc) is 2.70. The Labute approximate surface area is 193 Å². The van der Waals surface area contributed by atoms with E-state index in [-0.39, 0.29) is 30.0 Å². The van der Waals surface area contributed by atoms with Gasteiger partial charge in [0.1, 0.15) is 0 Å². The van der Waals surface area contributed by atoms with Crippen LogP contribution in [0.5, 0.6) is 0 Å². The quantitative estimate of drug-likeness (QED) is 0.489. The highest BCUT2D eigenvalue weighted by Crippen LogP contribution is 2.25. The van der Waals surface area contributed by atoms with Gasteiger partial charge in [0, 0.05) is 19.7 Å². The van der Waals surface area contributed by atoms with E-state index in [0.717, 1.165) is 11.1 Å². The predicted octanol–water partition coefficient (Wildman–Crippen LogP) is 3.78. The molecule has 0 fully saturated rings. The van der Waals surface area contributed by atoms with Crippen LogP contribution in [0.15, 0.2) is 47.4 Å². The number of amides is 1. The van der Waals surface area contributed by atoms with Crippen LogP contribution < -0.4 is 5.32 Å². The topological polar surface area (TPSA) is 75.7 Å². The lowest BCUT2D eigenvalue weighted by Crippen LogP contribution is -2.42. The van der Waals surface area contributed by atoms with Crippen molar-refractivity contribution >= 4 is 15.9 Å². The Morgan fingerprint density at radius 1 is 1.06 bits per heavy atom. The lowest BCUT2D eigenvalue weighted by molar-refractivity contribution is -0.121. The minimum Gasteiger partial charge on any atom is -0.379 e. The van der Waals surface area contributed by atoms with Gasteiger partial charge in [-0.25, -0.2) is 8.42 Å². The van der Waals surface area contributed by atoms with Crippen LogP contribution in [-0.2, 0) is 26.0 Å². The van der Waals surface area contributed by atoms with Gasteiger partial charge in [0.05, 0.1) is 17.5 Å². The summed E-state index contributed by atoms with van der Waals surface area (Å²) in [7, 11) is -3.84. The van der Waals surface area contributed by atoms with Crippen molar-refractivity contribution < 1.29 is 17.9 Å². The zero-order chi connectivity index (χ0) is 23.7. The highest BCUT2D eigenvalue weighted by Gasteiger charge is 2.29. The second-order valence-corrected chi connectivity index (χ2v) is 10.3. The SMILES string of the molecule is Cc1cc(C)c(S(=O)(=O)N(CCc2ccccc2)CC(=O)NCCCOC(C)C)c(C)c1. The van der Waals surface area contributed by atoms with E-state index in [1.165, 1.54) is 4.31 Å². The molecule has 0 atom stereocenters. The summed E-state index contributed by atoms with van der Waals surface area (Å²) in [4.78, 5) is 12.9. The maximum absolute atomic E-state index is 13.6. The van der Waals surface area contributed by atoms with E-state index in [4.69, 9.17) is 4.74 Å². The monoisotopic (exact) mass is 460 g/mol. The molecule has 0 saturated heterocycles. The van der Waals surface area contributed by atoms with E-state index < -0.39 is 10.0 Å². The lowest BCUT2D eigenvalue weighted by Gasteiger charge is -2.24. The number of sulfonamides is 1. The van der Waals surface area contributed by atoms with Crippen LogP contribution in [0.1, 0.15) is 42.5 Å². The summed E-state index contributed by atoms with van der Waals surface area (Å²) in [6, 6.07) is 13.4. The van der Waals surface area contributed by atoms with Gasteiger partial charge in [-0.05, 0) is 64.2 Å². The molecule has 0 saturated carbocycles. The number of nitrogens with one attached hydrogen (secondary N) is 1. The Morgan fingerprint density at radius 3 is 2.28 bits per heavy atom. The molecule has 0 aliphatic carbocycles. The van der Waals surface area contributed by atoms with E-state index >= 15 is 0 Å². The number of rotatable bonds is 12. The Morgan fingerprint density at radius 2 is 1.69 bits per heavy atom. The largest absolute Gasteiger partial charge is 0.379 e. The van der Waals surface area contributed by atoms with Gasteiger partial charge in [-0.1, -0.05) is 48.0 Å². The lowest BCUT2D eigenvalue weighted by atomic mass is 10.1. The van der Waals surface area contributed by atoms with Crippen molar-refractivity contribution in [2.24, 2.45) is 0 Å². The minimum atomic E-state index is -3.84. The molecule has 2 aromatic rings. The Bertz CT molecular complexity index is 965. The maximum Gasteiger partial charge on any atom is 0.244 e. The van der Waals surface area contributed by atoms with Crippen molar-refractivity contribution in [3.05, 3.63) is 64.7 Å². The molecule has 0 heterocycles. The molecular formula is C25H36N2O4S. The van der Waals surface area contributed by atoms with Crippen LogP contribution in [0, 0.1) is 20.8 Å². The van der Waals surface area contributed by atoms with Crippen LogP contribution in [0.4, 0.5) is 0 Å². The molecule has 32 heavy (non-hydrogen) atoms. The van der Waals surface area contributed by atoms with Crippen molar-refractivity contribution in [2.75, 3.05) is 26.2 Å². The van der Waals surface area contributed by atoms with Crippen LogP contribution in [-0.4, -0.2) is 51.0 Å². The fourth-order valence-corrected chi connectivity index (χ4v) is 5.53. The maximum atomic E-state index is 13.6. The van der Waals surface area contributed by atoms with E-state index in [2.05, 4.69) is 5.32 Å². The number of benzene rings is 2. The summed E-state index contributed by atoms with van der Waals surface area (Å²) >= 11 is 0. The second-order valence-electron chi connectivity index (χ2n) is 8.43. The van der Waals surface area contributed by atoms with Crippen LogP contribution >= 0.6 is 0 Å². The molecule has 0 spiro atoms. The van der Waals surface area contributed by atoms with Gasteiger partial charge in [-0.2, -0.15) is 4.31 Å². The van der Waals surface area contributed by atoms with Gasteiger partial charge < -0.3 is 10.1 Å². The first-order valence-corrected chi connectivity index (χ1v) is 12.6. The van der Waals surface area contributed by atoms with Gasteiger partial charge in [-0.15, -0.1) is 0 Å². The van der Waals surface area contributed by atoms with Crippen LogP contribution in [0.25, 0.3) is 0 Å². The molecule has 2 aromatic carbocycles. The molecule has 7 heteroatoms. The highest BCUT2D eigenvalue weighted by atomic mass is 32.2. The predicted molar refractivity (Wildman–Crippen MR) is 128 cm³/mol. The number of aryl methyl sites for hydroxylation is 3. The molecular weight excluding hydrogens is 424 g/mol. The van der Waals surface area contributed by atoms with Crippen LogP contribution in [0.3, 0.4) is 0 Å². The summed E-state index contributed by atoms with van der Waals surface area (Å²) in [6.07, 6.45) is 1.35. The van der Waals surface area contributed by atoms with Crippen molar-refractivity contribution in [3.8, 4) is 0 Å². The number of carbonyl (C=O) groups is 1. The third kappa shape index (κ3) is 7.73. The van der Waals surface area contributed by atoms with Crippen molar-refractivity contribution in [1.82, 2.24) is 9.62 Å². The van der Waals surface area contributed by atoms with Gasteiger partial charge >= 0.3 is 0 Å². The zero-order valence-electron chi connectivity index (χ0n) is 19.8. The molecule has 0 bridgehead atoms. The summed E-state index contributed by atoms with van der Waals surface area (Å²) < 4.78 is 34.0. The normalized spacial score (nSPS) is 11.8. The molecule has 2 rings (SSSR count). The summed E-state index contributed by atoms with van der Waals surface area (Å²) in [5.74, 6) is -0.311. The molecule has 0 aromatic heterocycles. The minimum absolute atomic E-state index is 0.144. The fourth-order valence-electron chi connectivity index (χ4n) is 3.72. The van der Waals surface area contributed by atoms with Crippen molar-refractivity contribution in [1.29, 1.82) is 0 Å². The number of carbonyl (C=O) groups excluding carboxylic acids is 1. The summed E-state index contributed by atoms with van der Waals surface area (Å²) in [5.41, 5.74) is 3.42. The van der Waals surface area contributed by atoms with E-state index in [0.29, 0.717) is 37.1 Å². The number of ether oxygens (including phenoxy) is 1. The third-order valence-corrected chi connectivity index (χ3v) is 7.26. The molecule has 0 unspecified atom stereocenters. The number of hydrogen-bond acceptors (Lipinski definition) is 4. The van der Waals surface area contributed by atoms with Gasteiger partial charge in [0.15, 0.2) is 0 Å². The van der Waals surface area contributed by atoms with E-state index in [1.54, 1.807) is 13.8 Å². The second kappa shape index (κ2) is 12.1. The number of nitrogens with zero attached hydrogens (tertiary/aromatic N) is 1. The van der Waals surface area contributed by atoms with Crippen molar-refractivity contribution in [3.63, 3.8) is 0 Å². The Hall–Kier alpha value is -2.22.